The summed E-state index contributed by atoms with van der Waals surface area (Å²) in [6.07, 6.45) is 1.86. The highest BCUT2D eigenvalue weighted by Crippen LogP contribution is 2.36. The number of para-hydroxylation sites is 1. The van der Waals surface area contributed by atoms with Crippen molar-refractivity contribution in [1.82, 2.24) is 39.0 Å². The number of benzene rings is 3. The molecule has 0 unspecified atom stereocenters. The van der Waals surface area contributed by atoms with E-state index in [1.165, 1.54) is 32.2 Å². The lowest BCUT2D eigenvalue weighted by molar-refractivity contribution is -0.164. The highest BCUT2D eigenvalue weighted by atomic mass is 16.7. The van der Waals surface area contributed by atoms with Gasteiger partial charge in [-0.2, -0.15) is 0 Å². The summed E-state index contributed by atoms with van der Waals surface area (Å²) in [5.41, 5.74) is 2.34. The molecule has 0 aliphatic carbocycles. The van der Waals surface area contributed by atoms with E-state index in [1.807, 2.05) is 18.2 Å². The lowest BCUT2D eigenvalue weighted by Gasteiger charge is -2.21. The molecule has 2 amide bonds. The molecule has 21 nitrogen and oxygen atoms in total. The maximum absolute atomic E-state index is 13.1. The van der Waals surface area contributed by atoms with Crippen LogP contribution in [0.3, 0.4) is 0 Å². The Morgan fingerprint density at radius 3 is 1.71 bits per heavy atom. The number of hydrogen-bond donors (Lipinski definition) is 2. The largest absolute Gasteiger partial charge is 0.482 e. The number of hydrogen-bond acceptors (Lipinski definition) is 17. The standard InChI is InChI=1S/C45H42N10O11/c1-27(56)61-20-34-31(17-35(65-34)54-24-50-38-40(46-22-48-42(38)54)52-44(58)28-11-5-2-6-12-28)63-26-60-19-33-32(66-37(57)21-62-30-15-9-4-10-16-30)18-36(64-33)55-25-51-39-41(47-23-49-43(39)55)53-45(59)29-13-7-3-8-14-29/h2-16,22-25,31-36H,17-21,26H2,1H3,(H,46,48,52,58)(H,47,49,53,59)/t31-,32-,33+,34+,35+,36+/m0/s1. The van der Waals surface area contributed by atoms with Crippen LogP contribution in [0.15, 0.2) is 116 Å². The number of nitrogens with one attached hydrogen (secondary N) is 2. The van der Waals surface area contributed by atoms with Crippen molar-refractivity contribution in [3.8, 4) is 5.75 Å². The van der Waals surface area contributed by atoms with Gasteiger partial charge in [0.1, 0.15) is 62.6 Å². The SMILES string of the molecule is CC(=O)OC[C@H]1O[C@@H](n2cnc3c(NC(=O)c4ccccc4)ncnc32)C[C@@H]1OCOC[C@H]1O[C@@H](n2cnc3c(NC(=O)c4ccccc4)ncnc32)C[C@@H]1OC(=O)COc1ccccc1. The van der Waals surface area contributed by atoms with Crippen LogP contribution in [0, 0.1) is 0 Å². The number of carbonyl (C=O) groups excluding carboxylic acids is 4. The van der Waals surface area contributed by atoms with Crippen LogP contribution < -0.4 is 15.4 Å². The average Bonchev–Trinajstić information content (AvgIpc) is 4.16. The Labute approximate surface area is 375 Å². The molecule has 338 valence electrons. The number of imidazole rings is 2. The van der Waals surface area contributed by atoms with Crippen molar-refractivity contribution in [3.63, 3.8) is 0 Å². The number of amides is 2. The van der Waals surface area contributed by atoms with Crippen molar-refractivity contribution >= 4 is 57.7 Å². The van der Waals surface area contributed by atoms with Crippen molar-refractivity contribution in [3.05, 3.63) is 127 Å². The van der Waals surface area contributed by atoms with E-state index in [2.05, 4.69) is 40.5 Å². The summed E-state index contributed by atoms with van der Waals surface area (Å²) in [6, 6.07) is 26.3. The Hall–Kier alpha value is -7.72. The minimum atomic E-state index is -0.798. The molecule has 4 aromatic heterocycles. The fraction of sp³-hybridized carbons (Fsp3) is 0.289. The van der Waals surface area contributed by atoms with Gasteiger partial charge in [0.25, 0.3) is 11.8 Å². The molecule has 3 aromatic carbocycles. The second kappa shape index (κ2) is 20.0. The normalized spacial score (nSPS) is 20.3. The van der Waals surface area contributed by atoms with Gasteiger partial charge in [0.05, 0.1) is 25.4 Å². The van der Waals surface area contributed by atoms with Crippen molar-refractivity contribution in [2.75, 3.05) is 37.2 Å². The minimum absolute atomic E-state index is 0.0693. The summed E-state index contributed by atoms with van der Waals surface area (Å²) in [7, 11) is 0. The van der Waals surface area contributed by atoms with E-state index >= 15 is 0 Å². The Morgan fingerprint density at radius 1 is 0.652 bits per heavy atom. The molecule has 6 atom stereocenters. The first kappa shape index (κ1) is 43.5. The van der Waals surface area contributed by atoms with Gasteiger partial charge >= 0.3 is 11.9 Å². The highest BCUT2D eigenvalue weighted by Gasteiger charge is 2.41. The lowest BCUT2D eigenvalue weighted by Crippen LogP contribution is -2.34. The highest BCUT2D eigenvalue weighted by molar-refractivity contribution is 6.07. The first-order chi connectivity index (χ1) is 32.3. The zero-order valence-corrected chi connectivity index (χ0v) is 35.2. The maximum atomic E-state index is 13.1. The van der Waals surface area contributed by atoms with Gasteiger partial charge in [-0.05, 0) is 36.4 Å². The monoisotopic (exact) mass is 898 g/mol. The fourth-order valence-corrected chi connectivity index (χ4v) is 7.55. The zero-order valence-electron chi connectivity index (χ0n) is 35.2. The van der Waals surface area contributed by atoms with Crippen LogP contribution in [-0.2, 0) is 38.0 Å². The topological polar surface area (TPSA) is 244 Å². The lowest BCUT2D eigenvalue weighted by atomic mass is 10.2. The summed E-state index contributed by atoms with van der Waals surface area (Å²) < 4.78 is 45.3. The summed E-state index contributed by atoms with van der Waals surface area (Å²) in [5, 5.41) is 5.60. The predicted molar refractivity (Wildman–Crippen MR) is 231 cm³/mol. The molecule has 2 saturated heterocycles. The molecule has 0 saturated carbocycles. The van der Waals surface area contributed by atoms with E-state index in [9.17, 15) is 19.2 Å². The number of ether oxygens (including phenoxy) is 7. The van der Waals surface area contributed by atoms with Crippen molar-refractivity contribution in [1.29, 1.82) is 0 Å². The number of nitrogens with zero attached hydrogens (tertiary/aromatic N) is 8. The van der Waals surface area contributed by atoms with Gasteiger partial charge in [0.2, 0.25) is 0 Å². The molecule has 0 radical (unpaired) electrons. The molecular formula is C45H42N10O11. The molecule has 9 rings (SSSR count). The molecule has 7 aromatic rings. The average molecular weight is 899 g/mol. The van der Waals surface area contributed by atoms with Crippen molar-refractivity contribution in [2.24, 2.45) is 0 Å². The summed E-state index contributed by atoms with van der Waals surface area (Å²) in [6.45, 7) is 0.536. The van der Waals surface area contributed by atoms with Crippen LogP contribution in [0.5, 0.6) is 5.75 Å². The van der Waals surface area contributed by atoms with Gasteiger partial charge in [-0.25, -0.2) is 34.7 Å². The second-order valence-electron chi connectivity index (χ2n) is 15.1. The molecule has 0 spiro atoms. The molecule has 2 fully saturated rings. The van der Waals surface area contributed by atoms with Crippen LogP contribution in [0.2, 0.25) is 0 Å². The van der Waals surface area contributed by atoms with Gasteiger partial charge in [0, 0.05) is 30.9 Å². The Morgan fingerprint density at radius 2 is 1.17 bits per heavy atom. The van der Waals surface area contributed by atoms with Crippen LogP contribution in [0.25, 0.3) is 22.3 Å². The number of fused-ring (bicyclic) bond motifs is 2. The van der Waals surface area contributed by atoms with E-state index in [4.69, 9.17) is 33.2 Å². The maximum Gasteiger partial charge on any atom is 0.344 e. The van der Waals surface area contributed by atoms with Gasteiger partial charge in [0.15, 0.2) is 40.6 Å². The predicted octanol–water partition coefficient (Wildman–Crippen LogP) is 4.66. The molecule has 2 aliphatic rings. The smallest absolute Gasteiger partial charge is 0.344 e. The Bertz CT molecular complexity index is 2810. The van der Waals surface area contributed by atoms with Crippen LogP contribution in [0.1, 0.15) is 52.9 Å². The fourth-order valence-electron chi connectivity index (χ4n) is 7.55. The first-order valence-electron chi connectivity index (χ1n) is 20.9. The van der Waals surface area contributed by atoms with E-state index in [-0.39, 0.29) is 62.9 Å². The van der Waals surface area contributed by atoms with E-state index in [1.54, 1.807) is 81.9 Å². The Balaban J connectivity index is 0.870. The number of aromatic nitrogens is 8. The molecule has 2 aliphatic heterocycles. The van der Waals surface area contributed by atoms with Crippen LogP contribution in [0.4, 0.5) is 11.6 Å². The number of anilines is 2. The van der Waals surface area contributed by atoms with Gasteiger partial charge in [-0.1, -0.05) is 54.6 Å². The van der Waals surface area contributed by atoms with Gasteiger partial charge < -0.3 is 43.8 Å². The van der Waals surface area contributed by atoms with E-state index < -0.39 is 48.8 Å². The number of rotatable bonds is 17. The molecule has 6 heterocycles. The summed E-state index contributed by atoms with van der Waals surface area (Å²) in [5.74, 6) is -0.911. The van der Waals surface area contributed by atoms with E-state index in [0.717, 1.165) is 0 Å². The summed E-state index contributed by atoms with van der Waals surface area (Å²) in [4.78, 5) is 77.2. The molecule has 0 bridgehead atoms. The zero-order chi connectivity index (χ0) is 45.4. The number of esters is 2. The molecule has 66 heavy (non-hydrogen) atoms. The molecule has 2 N–H and O–H groups in total. The van der Waals surface area contributed by atoms with Gasteiger partial charge in [-0.15, -0.1) is 0 Å². The molecular weight excluding hydrogens is 857 g/mol. The third-order valence-corrected chi connectivity index (χ3v) is 10.7. The van der Waals surface area contributed by atoms with E-state index in [0.29, 0.717) is 39.2 Å². The van der Waals surface area contributed by atoms with Crippen molar-refractivity contribution < 1.29 is 52.3 Å². The second-order valence-corrected chi connectivity index (χ2v) is 15.1. The summed E-state index contributed by atoms with van der Waals surface area (Å²) >= 11 is 0. The number of carbonyl (C=O) groups is 4. The van der Waals surface area contributed by atoms with Crippen LogP contribution in [-0.4, -0.2) is 114 Å². The Kier molecular flexibility index (Phi) is 13.2. The third kappa shape index (κ3) is 9.98. The third-order valence-electron chi connectivity index (χ3n) is 10.7. The van der Waals surface area contributed by atoms with Crippen molar-refractivity contribution in [2.45, 2.75) is 56.6 Å². The van der Waals surface area contributed by atoms with Crippen LogP contribution >= 0.6 is 0 Å². The first-order valence-corrected chi connectivity index (χ1v) is 20.9. The quantitative estimate of drug-likeness (QED) is 0.0717. The van der Waals surface area contributed by atoms with Gasteiger partial charge in [-0.3, -0.25) is 23.5 Å². The molecule has 21 heteroatoms. The minimum Gasteiger partial charge on any atom is -0.482 e.